The van der Waals surface area contributed by atoms with E-state index < -0.39 is 0 Å². The van der Waals surface area contributed by atoms with Gasteiger partial charge in [-0.2, -0.15) is 0 Å². The number of aromatic hydroxyl groups is 1. The van der Waals surface area contributed by atoms with Crippen LogP contribution in [0.2, 0.25) is 0 Å². The molecule has 3 nitrogen and oxygen atoms in total. The van der Waals surface area contributed by atoms with Crippen molar-refractivity contribution in [2.75, 3.05) is 5.32 Å². The summed E-state index contributed by atoms with van der Waals surface area (Å²) in [5, 5.41) is 12.8. The minimum Gasteiger partial charge on any atom is -0.506 e. The maximum Gasteiger partial charge on any atom is 0.227 e. The molecule has 114 valence electrons. The minimum atomic E-state index is 0.0816. The fraction of sp³-hybridized carbons (Fsp3) is 0.611. The summed E-state index contributed by atoms with van der Waals surface area (Å²) in [6, 6.07) is 5.38. The van der Waals surface area contributed by atoms with Crippen LogP contribution in [-0.2, 0) is 4.79 Å². The quantitative estimate of drug-likeness (QED) is 0.799. The van der Waals surface area contributed by atoms with Gasteiger partial charge >= 0.3 is 0 Å². The first kappa shape index (κ1) is 14.4. The molecule has 0 saturated heterocycles. The molecule has 2 N–H and O–H groups in total. The number of rotatable bonds is 2. The second kappa shape index (κ2) is 6.08. The Bertz CT molecular complexity index is 526. The zero-order valence-electron chi connectivity index (χ0n) is 12.8. The topological polar surface area (TPSA) is 49.3 Å². The summed E-state index contributed by atoms with van der Waals surface area (Å²) in [6.07, 6.45) is 8.58. The van der Waals surface area contributed by atoms with Gasteiger partial charge in [0.05, 0.1) is 5.69 Å². The van der Waals surface area contributed by atoms with Crippen molar-refractivity contribution < 1.29 is 9.90 Å². The lowest BCUT2D eigenvalue weighted by Crippen LogP contribution is -2.33. The molecule has 3 rings (SSSR count). The number of aryl methyl sites for hydroxylation is 1. The Kier molecular flexibility index (Phi) is 4.18. The van der Waals surface area contributed by atoms with Gasteiger partial charge in [-0.15, -0.1) is 0 Å². The Labute approximate surface area is 126 Å². The molecule has 1 aromatic rings. The number of hydrogen-bond donors (Lipinski definition) is 2. The monoisotopic (exact) mass is 287 g/mol. The van der Waals surface area contributed by atoms with Gasteiger partial charge in [0.25, 0.3) is 0 Å². The summed E-state index contributed by atoms with van der Waals surface area (Å²) in [7, 11) is 0. The van der Waals surface area contributed by atoms with E-state index in [1.54, 1.807) is 12.1 Å². The molecule has 0 spiro atoms. The van der Waals surface area contributed by atoms with Crippen LogP contribution in [0.3, 0.4) is 0 Å². The van der Waals surface area contributed by atoms with Crippen LogP contribution in [0.15, 0.2) is 18.2 Å². The van der Waals surface area contributed by atoms with Crippen LogP contribution in [0.5, 0.6) is 5.75 Å². The summed E-state index contributed by atoms with van der Waals surface area (Å²) in [5.74, 6) is 1.96. The number of hydrogen-bond acceptors (Lipinski definition) is 2. The second-order valence-corrected chi connectivity index (χ2v) is 6.82. The van der Waals surface area contributed by atoms with Crippen molar-refractivity contribution in [1.29, 1.82) is 0 Å². The lowest BCUT2D eigenvalue weighted by atomic mass is 9.67. The van der Waals surface area contributed by atoms with Crippen LogP contribution in [0.1, 0.15) is 50.5 Å². The van der Waals surface area contributed by atoms with E-state index in [-0.39, 0.29) is 17.6 Å². The van der Waals surface area contributed by atoms with Gasteiger partial charge in [-0.05, 0) is 55.7 Å². The van der Waals surface area contributed by atoms with Crippen molar-refractivity contribution in [2.24, 2.45) is 17.8 Å². The van der Waals surface area contributed by atoms with E-state index in [1.807, 2.05) is 13.0 Å². The Morgan fingerprint density at radius 2 is 1.90 bits per heavy atom. The SMILES string of the molecule is Cc1ccc(NC(=O)C2CCC3CCCCC3C2)c(O)c1. The van der Waals surface area contributed by atoms with Gasteiger partial charge in [-0.25, -0.2) is 0 Å². The molecule has 0 aliphatic heterocycles. The van der Waals surface area contributed by atoms with Crippen LogP contribution in [-0.4, -0.2) is 11.0 Å². The van der Waals surface area contributed by atoms with E-state index in [0.717, 1.165) is 30.2 Å². The highest BCUT2D eigenvalue weighted by Crippen LogP contribution is 2.43. The Morgan fingerprint density at radius 3 is 2.67 bits per heavy atom. The van der Waals surface area contributed by atoms with Crippen molar-refractivity contribution in [3.05, 3.63) is 23.8 Å². The smallest absolute Gasteiger partial charge is 0.227 e. The van der Waals surface area contributed by atoms with Crippen molar-refractivity contribution in [2.45, 2.75) is 51.9 Å². The number of fused-ring (bicyclic) bond motifs is 1. The normalized spacial score (nSPS) is 28.7. The minimum absolute atomic E-state index is 0.0816. The second-order valence-electron chi connectivity index (χ2n) is 6.82. The molecule has 1 amide bonds. The predicted molar refractivity (Wildman–Crippen MR) is 84.3 cm³/mol. The van der Waals surface area contributed by atoms with Crippen molar-refractivity contribution in [3.8, 4) is 5.75 Å². The van der Waals surface area contributed by atoms with Gasteiger partial charge in [-0.3, -0.25) is 4.79 Å². The molecule has 0 heterocycles. The third-order valence-corrected chi connectivity index (χ3v) is 5.32. The van der Waals surface area contributed by atoms with Crippen molar-refractivity contribution in [3.63, 3.8) is 0 Å². The maximum atomic E-state index is 12.5. The average Bonchev–Trinajstić information content (AvgIpc) is 2.49. The first-order chi connectivity index (χ1) is 10.1. The molecule has 1 aromatic carbocycles. The largest absolute Gasteiger partial charge is 0.506 e. The summed E-state index contributed by atoms with van der Waals surface area (Å²) < 4.78 is 0. The highest BCUT2D eigenvalue weighted by atomic mass is 16.3. The molecule has 0 aromatic heterocycles. The highest BCUT2D eigenvalue weighted by molar-refractivity contribution is 5.94. The molecule has 2 fully saturated rings. The summed E-state index contributed by atoms with van der Waals surface area (Å²) in [5.41, 5.74) is 1.53. The Hall–Kier alpha value is -1.51. The fourth-order valence-electron chi connectivity index (χ4n) is 4.09. The lowest BCUT2D eigenvalue weighted by molar-refractivity contribution is -0.122. The van der Waals surface area contributed by atoms with Crippen LogP contribution >= 0.6 is 0 Å². The van der Waals surface area contributed by atoms with E-state index in [0.29, 0.717) is 5.69 Å². The molecule has 3 unspecified atom stereocenters. The summed E-state index contributed by atoms with van der Waals surface area (Å²) in [6.45, 7) is 1.93. The van der Waals surface area contributed by atoms with Gasteiger partial charge in [0.2, 0.25) is 5.91 Å². The molecule has 0 bridgehead atoms. The van der Waals surface area contributed by atoms with Gasteiger partial charge in [0.1, 0.15) is 5.75 Å². The Balaban J connectivity index is 1.63. The molecule has 21 heavy (non-hydrogen) atoms. The standard InChI is InChI=1S/C18H25NO2/c1-12-6-9-16(17(20)10-12)19-18(21)15-8-7-13-4-2-3-5-14(13)11-15/h6,9-10,13-15,20H,2-5,7-8,11H2,1H3,(H,19,21). The molecule has 2 aliphatic carbocycles. The number of carbonyl (C=O) groups is 1. The van der Waals surface area contributed by atoms with Gasteiger partial charge < -0.3 is 10.4 Å². The predicted octanol–water partition coefficient (Wildman–Crippen LogP) is 4.25. The number of phenolic OH excluding ortho intramolecular Hbond substituents is 1. The highest BCUT2D eigenvalue weighted by Gasteiger charge is 2.35. The van der Waals surface area contributed by atoms with Crippen LogP contribution in [0.25, 0.3) is 0 Å². The third-order valence-electron chi connectivity index (χ3n) is 5.32. The zero-order valence-corrected chi connectivity index (χ0v) is 12.8. The molecular weight excluding hydrogens is 262 g/mol. The number of phenols is 1. The number of amides is 1. The van der Waals surface area contributed by atoms with Gasteiger partial charge in [0.15, 0.2) is 0 Å². The average molecular weight is 287 g/mol. The van der Waals surface area contributed by atoms with Crippen molar-refractivity contribution in [1.82, 2.24) is 0 Å². The van der Waals surface area contributed by atoms with Crippen LogP contribution in [0, 0.1) is 24.7 Å². The maximum absolute atomic E-state index is 12.5. The first-order valence-corrected chi connectivity index (χ1v) is 8.24. The molecule has 3 atom stereocenters. The summed E-state index contributed by atoms with van der Waals surface area (Å²) in [4.78, 5) is 12.5. The molecule has 2 aliphatic rings. The molecule has 3 heteroatoms. The lowest BCUT2D eigenvalue weighted by Gasteiger charge is -2.38. The number of carbonyl (C=O) groups excluding carboxylic acids is 1. The summed E-state index contributed by atoms with van der Waals surface area (Å²) >= 11 is 0. The van der Waals surface area contributed by atoms with E-state index >= 15 is 0 Å². The van der Waals surface area contributed by atoms with E-state index in [9.17, 15) is 9.90 Å². The van der Waals surface area contributed by atoms with Crippen LogP contribution < -0.4 is 5.32 Å². The molecule has 0 radical (unpaired) electrons. The van der Waals surface area contributed by atoms with Gasteiger partial charge in [-0.1, -0.05) is 31.7 Å². The first-order valence-electron chi connectivity index (χ1n) is 8.24. The number of anilines is 1. The Morgan fingerprint density at radius 1 is 1.14 bits per heavy atom. The number of nitrogens with one attached hydrogen (secondary N) is 1. The van der Waals surface area contributed by atoms with Crippen LogP contribution in [0.4, 0.5) is 5.69 Å². The number of benzene rings is 1. The van der Waals surface area contributed by atoms with E-state index in [1.165, 1.54) is 32.1 Å². The fourth-order valence-corrected chi connectivity index (χ4v) is 4.09. The van der Waals surface area contributed by atoms with E-state index in [2.05, 4.69) is 5.32 Å². The molecular formula is C18H25NO2. The molecule has 2 saturated carbocycles. The van der Waals surface area contributed by atoms with Gasteiger partial charge in [0, 0.05) is 5.92 Å². The third kappa shape index (κ3) is 3.22. The zero-order chi connectivity index (χ0) is 14.8. The van der Waals surface area contributed by atoms with E-state index in [4.69, 9.17) is 0 Å². The van der Waals surface area contributed by atoms with Crippen molar-refractivity contribution >= 4 is 11.6 Å².